The molecular formula is C17H19ClN4O7. The van der Waals surface area contributed by atoms with Crippen LogP contribution >= 0.6 is 11.6 Å². The largest absolute Gasteiger partial charge is 0.463 e. The second-order valence-electron chi connectivity index (χ2n) is 6.40. The molecular weight excluding hydrogens is 408 g/mol. The van der Waals surface area contributed by atoms with Crippen molar-refractivity contribution >= 4 is 40.7 Å². The van der Waals surface area contributed by atoms with Gasteiger partial charge in [0.05, 0.1) is 6.33 Å². The van der Waals surface area contributed by atoms with E-state index in [0.717, 1.165) is 0 Å². The summed E-state index contributed by atoms with van der Waals surface area (Å²) in [5.41, 5.74) is 0.675. The Kier molecular flexibility index (Phi) is 5.99. The standard InChI is InChI=1S/C17H19ClN4O7/c1-7-20-15(18)12-16(21-7)22(6-19-12)17-14(28-10(4)25)13(27-9(3)24)11(29-17)5-26-8(2)23/h6,11,13-14,17H,5H2,1-4H3/t11-,13-,14-,17-/m1/s1. The summed E-state index contributed by atoms with van der Waals surface area (Å²) in [6, 6.07) is 0. The first-order valence-electron chi connectivity index (χ1n) is 8.67. The molecule has 29 heavy (non-hydrogen) atoms. The van der Waals surface area contributed by atoms with Gasteiger partial charge in [0.1, 0.15) is 24.1 Å². The van der Waals surface area contributed by atoms with E-state index in [1.54, 1.807) is 6.92 Å². The van der Waals surface area contributed by atoms with E-state index in [1.165, 1.54) is 31.7 Å². The van der Waals surface area contributed by atoms with Crippen molar-refractivity contribution in [1.82, 2.24) is 19.5 Å². The summed E-state index contributed by atoms with van der Waals surface area (Å²) in [5.74, 6) is -1.35. The van der Waals surface area contributed by atoms with Crippen molar-refractivity contribution in [2.45, 2.75) is 52.2 Å². The van der Waals surface area contributed by atoms with Crippen molar-refractivity contribution in [2.75, 3.05) is 6.61 Å². The van der Waals surface area contributed by atoms with Crippen LogP contribution in [0.15, 0.2) is 6.33 Å². The summed E-state index contributed by atoms with van der Waals surface area (Å²) in [6.07, 6.45) is -2.49. The van der Waals surface area contributed by atoms with E-state index in [1.807, 2.05) is 0 Å². The van der Waals surface area contributed by atoms with E-state index < -0.39 is 42.4 Å². The molecule has 0 unspecified atom stereocenters. The molecule has 1 aliphatic heterocycles. The highest BCUT2D eigenvalue weighted by Crippen LogP contribution is 2.36. The van der Waals surface area contributed by atoms with Gasteiger partial charge in [0, 0.05) is 20.8 Å². The molecule has 0 amide bonds. The number of rotatable bonds is 5. The lowest BCUT2D eigenvalue weighted by Gasteiger charge is -2.23. The Balaban J connectivity index is 2.04. The number of hydrogen-bond donors (Lipinski definition) is 0. The van der Waals surface area contributed by atoms with Crippen LogP contribution in [0.1, 0.15) is 32.8 Å². The first-order valence-corrected chi connectivity index (χ1v) is 9.05. The number of esters is 3. The van der Waals surface area contributed by atoms with Gasteiger partial charge in [-0.15, -0.1) is 0 Å². The molecule has 4 atom stereocenters. The molecule has 0 radical (unpaired) electrons. The molecule has 1 aliphatic rings. The molecule has 0 saturated carbocycles. The fourth-order valence-electron chi connectivity index (χ4n) is 3.09. The van der Waals surface area contributed by atoms with Crippen LogP contribution in [-0.2, 0) is 33.3 Å². The first-order chi connectivity index (χ1) is 13.7. The molecule has 11 nitrogen and oxygen atoms in total. The third-order valence-electron chi connectivity index (χ3n) is 4.11. The van der Waals surface area contributed by atoms with E-state index in [0.29, 0.717) is 17.0 Å². The minimum atomic E-state index is -1.04. The van der Waals surface area contributed by atoms with E-state index in [9.17, 15) is 14.4 Å². The number of aryl methyl sites for hydroxylation is 1. The Morgan fingerprint density at radius 3 is 2.38 bits per heavy atom. The molecule has 0 aliphatic carbocycles. The third-order valence-corrected chi connectivity index (χ3v) is 4.37. The lowest BCUT2D eigenvalue weighted by Crippen LogP contribution is -2.40. The molecule has 1 saturated heterocycles. The summed E-state index contributed by atoms with van der Waals surface area (Å²) in [5, 5.41) is 0.154. The Morgan fingerprint density at radius 1 is 1.10 bits per heavy atom. The topological polar surface area (TPSA) is 132 Å². The smallest absolute Gasteiger partial charge is 0.303 e. The molecule has 0 bridgehead atoms. The molecule has 0 aromatic carbocycles. The van der Waals surface area contributed by atoms with Gasteiger partial charge in [0.25, 0.3) is 0 Å². The lowest BCUT2D eigenvalue weighted by atomic mass is 10.1. The minimum absolute atomic E-state index is 0.154. The molecule has 2 aromatic heterocycles. The summed E-state index contributed by atoms with van der Waals surface area (Å²) in [7, 11) is 0. The third kappa shape index (κ3) is 4.46. The van der Waals surface area contributed by atoms with E-state index in [-0.39, 0.29) is 11.8 Å². The number of carbonyl (C=O) groups is 3. The number of carbonyl (C=O) groups excluding carboxylic acids is 3. The van der Waals surface area contributed by atoms with Gasteiger partial charge in [0.15, 0.2) is 29.2 Å². The summed E-state index contributed by atoms with van der Waals surface area (Å²) in [4.78, 5) is 47.2. The Bertz CT molecular complexity index is 963. The van der Waals surface area contributed by atoms with Crippen LogP contribution in [0.2, 0.25) is 5.15 Å². The molecule has 0 N–H and O–H groups in total. The fourth-order valence-corrected chi connectivity index (χ4v) is 3.34. The number of nitrogens with zero attached hydrogens (tertiary/aromatic N) is 4. The fraction of sp³-hybridized carbons (Fsp3) is 0.529. The van der Waals surface area contributed by atoms with Gasteiger partial charge in [0.2, 0.25) is 0 Å². The maximum absolute atomic E-state index is 11.7. The highest BCUT2D eigenvalue weighted by Gasteiger charge is 2.51. The summed E-state index contributed by atoms with van der Waals surface area (Å²) >= 11 is 6.13. The van der Waals surface area contributed by atoms with Crippen LogP contribution in [0.4, 0.5) is 0 Å². The van der Waals surface area contributed by atoms with Gasteiger partial charge in [-0.25, -0.2) is 15.0 Å². The predicted octanol–water partition coefficient (Wildman–Crippen LogP) is 1.11. The van der Waals surface area contributed by atoms with Crippen molar-refractivity contribution in [3.05, 3.63) is 17.3 Å². The quantitative estimate of drug-likeness (QED) is 0.389. The zero-order valence-corrected chi connectivity index (χ0v) is 16.9. The number of halogens is 1. The summed E-state index contributed by atoms with van der Waals surface area (Å²) in [6.45, 7) is 5.12. The molecule has 3 rings (SSSR count). The van der Waals surface area contributed by atoms with Crippen LogP contribution < -0.4 is 0 Å². The number of imidazole rings is 1. The van der Waals surface area contributed by atoms with E-state index in [2.05, 4.69) is 15.0 Å². The number of hydrogen-bond acceptors (Lipinski definition) is 10. The highest BCUT2D eigenvalue weighted by molar-refractivity contribution is 6.33. The average molecular weight is 427 g/mol. The van der Waals surface area contributed by atoms with Gasteiger partial charge in [-0.1, -0.05) is 11.6 Å². The van der Waals surface area contributed by atoms with Crippen molar-refractivity contribution in [3.8, 4) is 0 Å². The van der Waals surface area contributed by atoms with Crippen LogP contribution in [0.3, 0.4) is 0 Å². The monoisotopic (exact) mass is 426 g/mol. The molecule has 2 aromatic rings. The van der Waals surface area contributed by atoms with Gasteiger partial charge in [-0.05, 0) is 6.92 Å². The van der Waals surface area contributed by atoms with Crippen molar-refractivity contribution < 1.29 is 33.3 Å². The maximum atomic E-state index is 11.7. The molecule has 3 heterocycles. The zero-order valence-electron chi connectivity index (χ0n) is 16.1. The van der Waals surface area contributed by atoms with Crippen molar-refractivity contribution in [3.63, 3.8) is 0 Å². The van der Waals surface area contributed by atoms with E-state index in [4.69, 9.17) is 30.5 Å². The van der Waals surface area contributed by atoms with Crippen molar-refractivity contribution in [1.29, 1.82) is 0 Å². The van der Waals surface area contributed by atoms with Crippen molar-refractivity contribution in [2.24, 2.45) is 0 Å². The van der Waals surface area contributed by atoms with E-state index >= 15 is 0 Å². The first kappa shape index (κ1) is 20.9. The minimum Gasteiger partial charge on any atom is -0.463 e. The Hall–Kier alpha value is -2.79. The average Bonchev–Trinajstić information content (AvgIpc) is 3.15. The molecule has 156 valence electrons. The lowest BCUT2D eigenvalue weighted by molar-refractivity contribution is -0.166. The molecule has 0 spiro atoms. The SMILES string of the molecule is CC(=O)OC[C@H]1O[C@@H](n2cnc3c(Cl)nc(C)nc32)[C@H](OC(C)=O)[C@@H]1OC(C)=O. The highest BCUT2D eigenvalue weighted by atomic mass is 35.5. The van der Waals surface area contributed by atoms with Gasteiger partial charge in [-0.2, -0.15) is 0 Å². The maximum Gasteiger partial charge on any atom is 0.303 e. The second kappa shape index (κ2) is 8.29. The Labute approximate surface area is 170 Å². The number of fused-ring (bicyclic) bond motifs is 1. The normalized spacial score (nSPS) is 23.8. The second-order valence-corrected chi connectivity index (χ2v) is 6.76. The van der Waals surface area contributed by atoms with Crippen LogP contribution in [0, 0.1) is 6.92 Å². The predicted molar refractivity (Wildman–Crippen MR) is 96.7 cm³/mol. The molecule has 12 heteroatoms. The van der Waals surface area contributed by atoms with Gasteiger partial charge in [-0.3, -0.25) is 19.0 Å². The van der Waals surface area contributed by atoms with Crippen LogP contribution in [0.5, 0.6) is 0 Å². The van der Waals surface area contributed by atoms with Gasteiger partial charge >= 0.3 is 17.9 Å². The number of aromatic nitrogens is 4. The van der Waals surface area contributed by atoms with Crippen LogP contribution in [-0.4, -0.2) is 62.3 Å². The molecule has 1 fully saturated rings. The number of ether oxygens (including phenoxy) is 4. The van der Waals surface area contributed by atoms with Crippen LogP contribution in [0.25, 0.3) is 11.2 Å². The Morgan fingerprint density at radius 2 is 1.76 bits per heavy atom. The van der Waals surface area contributed by atoms with Gasteiger partial charge < -0.3 is 18.9 Å². The zero-order chi connectivity index (χ0) is 21.3. The summed E-state index contributed by atoms with van der Waals surface area (Å²) < 4.78 is 23.2.